The molecule has 4 heteroatoms. The van der Waals surface area contributed by atoms with Gasteiger partial charge in [0.15, 0.2) is 0 Å². The van der Waals surface area contributed by atoms with Gasteiger partial charge in [0.25, 0.3) is 0 Å². The number of nitrogens with zero attached hydrogens (tertiary/aromatic N) is 1. The summed E-state index contributed by atoms with van der Waals surface area (Å²) in [5.41, 5.74) is 0.408. The van der Waals surface area contributed by atoms with Gasteiger partial charge in [-0.3, -0.25) is 0 Å². The van der Waals surface area contributed by atoms with Crippen molar-refractivity contribution in [1.29, 1.82) is 0 Å². The third-order valence-electron chi connectivity index (χ3n) is 5.26. The number of amides is 2. The zero-order valence-electron chi connectivity index (χ0n) is 12.3. The van der Waals surface area contributed by atoms with Crippen molar-refractivity contribution in [1.82, 2.24) is 10.2 Å². The number of urea groups is 1. The minimum absolute atomic E-state index is 0.0761. The Kier molecular flexibility index (Phi) is 4.71. The smallest absolute Gasteiger partial charge is 0.317 e. The van der Waals surface area contributed by atoms with Crippen molar-refractivity contribution < 1.29 is 9.90 Å². The number of aliphatic hydroxyl groups excluding tert-OH is 1. The Morgan fingerprint density at radius 3 is 2.42 bits per heavy atom. The molecule has 4 nitrogen and oxygen atoms in total. The fourth-order valence-corrected chi connectivity index (χ4v) is 3.10. The number of hydrogen-bond donors (Lipinski definition) is 2. The second-order valence-corrected chi connectivity index (χ2v) is 6.48. The molecule has 2 amide bonds. The van der Waals surface area contributed by atoms with Gasteiger partial charge in [-0.1, -0.05) is 6.92 Å². The van der Waals surface area contributed by atoms with Crippen molar-refractivity contribution in [3.8, 4) is 0 Å². The summed E-state index contributed by atoms with van der Waals surface area (Å²) >= 11 is 0. The van der Waals surface area contributed by atoms with E-state index in [2.05, 4.69) is 12.2 Å². The normalized spacial score (nSPS) is 28.8. The highest BCUT2D eigenvalue weighted by molar-refractivity contribution is 5.74. The first kappa shape index (κ1) is 14.6. The summed E-state index contributed by atoms with van der Waals surface area (Å²) < 4.78 is 0. The van der Waals surface area contributed by atoms with Crippen LogP contribution in [0.25, 0.3) is 0 Å². The molecule has 19 heavy (non-hydrogen) atoms. The third-order valence-corrected chi connectivity index (χ3v) is 5.26. The molecule has 0 aromatic carbocycles. The molecule has 0 aromatic rings. The maximum Gasteiger partial charge on any atom is 0.317 e. The van der Waals surface area contributed by atoms with Gasteiger partial charge in [0.05, 0.1) is 0 Å². The highest BCUT2D eigenvalue weighted by atomic mass is 16.3. The number of aliphatic hydroxyl groups is 1. The molecule has 0 radical (unpaired) electrons. The molecule has 0 spiro atoms. The van der Waals surface area contributed by atoms with Crippen LogP contribution in [-0.2, 0) is 0 Å². The zero-order chi connectivity index (χ0) is 13.9. The Labute approximate surface area is 116 Å². The highest BCUT2D eigenvalue weighted by Gasteiger charge is 2.41. The van der Waals surface area contributed by atoms with E-state index in [1.165, 1.54) is 19.3 Å². The summed E-state index contributed by atoms with van der Waals surface area (Å²) in [4.78, 5) is 14.0. The molecule has 2 fully saturated rings. The Hall–Kier alpha value is -0.770. The SMILES string of the molecule is CCC1(CNC(=O)N(C)C2CCC(CO)CC2)CC1. The van der Waals surface area contributed by atoms with E-state index in [0.29, 0.717) is 24.0 Å². The van der Waals surface area contributed by atoms with Gasteiger partial charge in [0, 0.05) is 26.2 Å². The standard InChI is InChI=1S/C15H28N2O2/c1-3-15(8-9-15)11-16-14(19)17(2)13-6-4-12(10-18)5-7-13/h12-13,18H,3-11H2,1-2H3,(H,16,19). The van der Waals surface area contributed by atoms with Gasteiger partial charge < -0.3 is 15.3 Å². The number of hydrogen-bond acceptors (Lipinski definition) is 2. The summed E-state index contributed by atoms with van der Waals surface area (Å²) in [5.74, 6) is 0.447. The Morgan fingerprint density at radius 1 is 1.32 bits per heavy atom. The lowest BCUT2D eigenvalue weighted by atomic mass is 9.86. The van der Waals surface area contributed by atoms with Gasteiger partial charge in [-0.15, -0.1) is 0 Å². The molecule has 2 rings (SSSR count). The molecular formula is C15H28N2O2. The van der Waals surface area contributed by atoms with Crippen LogP contribution in [0.2, 0.25) is 0 Å². The summed E-state index contributed by atoms with van der Waals surface area (Å²) in [7, 11) is 1.91. The van der Waals surface area contributed by atoms with Crippen molar-refractivity contribution in [3.63, 3.8) is 0 Å². The van der Waals surface area contributed by atoms with Crippen LogP contribution < -0.4 is 5.32 Å². The van der Waals surface area contributed by atoms with E-state index in [-0.39, 0.29) is 6.03 Å². The monoisotopic (exact) mass is 268 g/mol. The molecule has 110 valence electrons. The first-order chi connectivity index (χ1) is 9.10. The predicted octanol–water partition coefficient (Wildman–Crippen LogP) is 2.37. The quantitative estimate of drug-likeness (QED) is 0.804. The zero-order valence-corrected chi connectivity index (χ0v) is 12.3. The second-order valence-electron chi connectivity index (χ2n) is 6.48. The first-order valence-corrected chi connectivity index (χ1v) is 7.72. The van der Waals surface area contributed by atoms with Gasteiger partial charge in [-0.2, -0.15) is 0 Å². The molecule has 0 saturated heterocycles. The maximum atomic E-state index is 12.1. The molecule has 0 heterocycles. The van der Waals surface area contributed by atoms with E-state index in [9.17, 15) is 4.79 Å². The van der Waals surface area contributed by atoms with Crippen molar-refractivity contribution in [3.05, 3.63) is 0 Å². The molecule has 0 aromatic heterocycles. The average Bonchev–Trinajstić information content (AvgIpc) is 3.25. The van der Waals surface area contributed by atoms with E-state index in [1.54, 1.807) is 0 Å². The first-order valence-electron chi connectivity index (χ1n) is 7.72. The summed E-state index contributed by atoms with van der Waals surface area (Å²) in [6.07, 6.45) is 7.81. The number of nitrogens with one attached hydrogen (secondary N) is 1. The molecule has 2 saturated carbocycles. The molecule has 0 atom stereocenters. The fraction of sp³-hybridized carbons (Fsp3) is 0.933. The molecular weight excluding hydrogens is 240 g/mol. The van der Waals surface area contributed by atoms with Gasteiger partial charge in [0.2, 0.25) is 0 Å². The van der Waals surface area contributed by atoms with Crippen molar-refractivity contribution in [2.24, 2.45) is 11.3 Å². The fourth-order valence-electron chi connectivity index (χ4n) is 3.10. The van der Waals surface area contributed by atoms with Crippen molar-refractivity contribution in [2.45, 2.75) is 57.9 Å². The van der Waals surface area contributed by atoms with Crippen LogP contribution >= 0.6 is 0 Å². The molecule has 2 aliphatic carbocycles. The lowest BCUT2D eigenvalue weighted by Crippen LogP contribution is -2.46. The molecule has 0 aliphatic heterocycles. The Bertz CT molecular complexity index is 307. The summed E-state index contributed by atoms with van der Waals surface area (Å²) in [6, 6.07) is 0.423. The van der Waals surface area contributed by atoms with Crippen LogP contribution in [0.5, 0.6) is 0 Å². The van der Waals surface area contributed by atoms with E-state index >= 15 is 0 Å². The van der Waals surface area contributed by atoms with Crippen LogP contribution in [0.4, 0.5) is 4.79 Å². The Balaban J connectivity index is 1.73. The van der Waals surface area contributed by atoms with Gasteiger partial charge >= 0.3 is 6.03 Å². The van der Waals surface area contributed by atoms with Gasteiger partial charge in [-0.25, -0.2) is 4.79 Å². The molecule has 0 bridgehead atoms. The second kappa shape index (κ2) is 6.12. The van der Waals surface area contributed by atoms with E-state index in [4.69, 9.17) is 5.11 Å². The number of rotatable bonds is 5. The summed E-state index contributed by atoms with van der Waals surface area (Å²) in [6.45, 7) is 3.33. The van der Waals surface area contributed by atoms with Crippen molar-refractivity contribution in [2.75, 3.05) is 20.2 Å². The predicted molar refractivity (Wildman–Crippen MR) is 76.0 cm³/mol. The summed E-state index contributed by atoms with van der Waals surface area (Å²) in [5, 5.41) is 12.2. The van der Waals surface area contributed by atoms with Gasteiger partial charge in [0.1, 0.15) is 0 Å². The van der Waals surface area contributed by atoms with E-state index in [0.717, 1.165) is 32.2 Å². The lowest BCUT2D eigenvalue weighted by molar-refractivity contribution is 0.133. The van der Waals surface area contributed by atoms with Crippen LogP contribution in [0.15, 0.2) is 0 Å². The molecule has 2 N–H and O–H groups in total. The van der Waals surface area contributed by atoms with Crippen molar-refractivity contribution >= 4 is 6.03 Å². The lowest BCUT2D eigenvalue weighted by Gasteiger charge is -2.34. The maximum absolute atomic E-state index is 12.1. The minimum atomic E-state index is 0.0761. The third kappa shape index (κ3) is 3.62. The van der Waals surface area contributed by atoms with Gasteiger partial charge in [-0.05, 0) is 56.3 Å². The number of carbonyl (C=O) groups excluding carboxylic acids is 1. The number of carbonyl (C=O) groups is 1. The van der Waals surface area contributed by atoms with Crippen LogP contribution in [0.1, 0.15) is 51.9 Å². The largest absolute Gasteiger partial charge is 0.396 e. The average molecular weight is 268 g/mol. The van der Waals surface area contributed by atoms with Crippen LogP contribution in [0, 0.1) is 11.3 Å². The minimum Gasteiger partial charge on any atom is -0.396 e. The molecule has 2 aliphatic rings. The Morgan fingerprint density at radius 2 is 1.95 bits per heavy atom. The topological polar surface area (TPSA) is 52.6 Å². The van der Waals surface area contributed by atoms with Crippen LogP contribution in [-0.4, -0.2) is 42.3 Å². The van der Waals surface area contributed by atoms with E-state index < -0.39 is 0 Å². The molecule has 0 unspecified atom stereocenters. The van der Waals surface area contributed by atoms with Crippen LogP contribution in [0.3, 0.4) is 0 Å². The highest BCUT2D eigenvalue weighted by Crippen LogP contribution is 2.47. The van der Waals surface area contributed by atoms with E-state index in [1.807, 2.05) is 11.9 Å².